The van der Waals surface area contributed by atoms with Crippen LogP contribution in [-0.2, 0) is 16.1 Å². The highest BCUT2D eigenvalue weighted by molar-refractivity contribution is 7.13. The number of amides is 3. The Labute approximate surface area is 231 Å². The molecule has 0 radical (unpaired) electrons. The van der Waals surface area contributed by atoms with Crippen molar-refractivity contribution in [1.82, 2.24) is 20.5 Å². The van der Waals surface area contributed by atoms with Crippen LogP contribution in [-0.4, -0.2) is 56.4 Å². The van der Waals surface area contributed by atoms with E-state index in [1.165, 1.54) is 23.1 Å². The number of hydrogen-bond donors (Lipinski definition) is 4. The van der Waals surface area contributed by atoms with E-state index in [0.717, 1.165) is 21.7 Å². The van der Waals surface area contributed by atoms with Crippen molar-refractivity contribution in [3.8, 4) is 21.9 Å². The molecule has 9 nitrogen and oxygen atoms in total. The maximum atomic E-state index is 13.7. The highest BCUT2D eigenvalue weighted by Crippen LogP contribution is 2.30. The molecular formula is C29H34N4O5S. The van der Waals surface area contributed by atoms with Crippen LogP contribution in [0.1, 0.15) is 55.2 Å². The Kier molecular flexibility index (Phi) is 8.25. The number of nitrogens with one attached hydrogen (secondary N) is 2. The van der Waals surface area contributed by atoms with Gasteiger partial charge < -0.3 is 25.7 Å². The quantitative estimate of drug-likeness (QED) is 0.329. The Morgan fingerprint density at radius 2 is 1.85 bits per heavy atom. The number of para-hydroxylation sites is 1. The summed E-state index contributed by atoms with van der Waals surface area (Å²) in [5.74, 6) is -2.27. The van der Waals surface area contributed by atoms with Crippen molar-refractivity contribution in [3.63, 3.8) is 0 Å². The van der Waals surface area contributed by atoms with Crippen molar-refractivity contribution < 1.29 is 24.6 Å². The van der Waals surface area contributed by atoms with Crippen molar-refractivity contribution in [3.05, 3.63) is 64.8 Å². The molecule has 1 saturated heterocycles. The number of nitrogens with zero attached hydrogens (tertiary/aromatic N) is 2. The zero-order chi connectivity index (χ0) is 28.3. The Bertz CT molecular complexity index is 1360. The van der Waals surface area contributed by atoms with Crippen molar-refractivity contribution >= 4 is 29.1 Å². The van der Waals surface area contributed by atoms with E-state index in [9.17, 15) is 24.6 Å². The van der Waals surface area contributed by atoms with Crippen molar-refractivity contribution in [2.45, 2.75) is 59.2 Å². The van der Waals surface area contributed by atoms with Gasteiger partial charge in [-0.1, -0.05) is 51.1 Å². The topological polar surface area (TPSA) is 132 Å². The first kappa shape index (κ1) is 28.1. The summed E-state index contributed by atoms with van der Waals surface area (Å²) < 4.78 is 0. The number of phenols is 2. The lowest BCUT2D eigenvalue weighted by Crippen LogP contribution is -2.57. The highest BCUT2D eigenvalue weighted by atomic mass is 32.1. The van der Waals surface area contributed by atoms with E-state index in [4.69, 9.17) is 0 Å². The van der Waals surface area contributed by atoms with Crippen molar-refractivity contribution in [2.75, 3.05) is 6.54 Å². The molecule has 3 amide bonds. The van der Waals surface area contributed by atoms with Crippen LogP contribution in [0.4, 0.5) is 0 Å². The number of likely N-dealkylation sites (tertiary alicyclic amines) is 1. The van der Waals surface area contributed by atoms with E-state index in [0.29, 0.717) is 25.9 Å². The van der Waals surface area contributed by atoms with E-state index < -0.39 is 34.9 Å². The Balaban J connectivity index is 1.43. The van der Waals surface area contributed by atoms with Crippen LogP contribution >= 0.6 is 11.3 Å². The second-order valence-electron chi connectivity index (χ2n) is 10.8. The van der Waals surface area contributed by atoms with Gasteiger partial charge in [-0.3, -0.25) is 14.4 Å². The lowest BCUT2D eigenvalue weighted by molar-refractivity contribution is -0.141. The molecule has 2 aromatic carbocycles. The number of aromatic hydroxyl groups is 2. The molecule has 0 bridgehead atoms. The maximum Gasteiger partial charge on any atom is 0.255 e. The maximum absolute atomic E-state index is 13.7. The number of aromatic nitrogens is 1. The third kappa shape index (κ3) is 6.22. The molecule has 1 fully saturated rings. The molecule has 1 aliphatic rings. The van der Waals surface area contributed by atoms with Crippen LogP contribution in [0.25, 0.3) is 10.4 Å². The molecule has 1 aromatic heterocycles. The summed E-state index contributed by atoms with van der Waals surface area (Å²) >= 11 is 1.59. The molecule has 4 rings (SSSR count). The van der Waals surface area contributed by atoms with Gasteiger partial charge in [-0.25, -0.2) is 4.98 Å². The predicted molar refractivity (Wildman–Crippen MR) is 149 cm³/mol. The normalized spacial score (nSPS) is 16.1. The first-order valence-corrected chi connectivity index (χ1v) is 13.7. The number of thiazole rings is 1. The van der Waals surface area contributed by atoms with E-state index in [1.807, 2.05) is 57.5 Å². The first-order chi connectivity index (χ1) is 18.5. The molecule has 4 N–H and O–H groups in total. The van der Waals surface area contributed by atoms with Gasteiger partial charge in [0.2, 0.25) is 11.8 Å². The molecule has 0 saturated carbocycles. The van der Waals surface area contributed by atoms with Gasteiger partial charge in [0.25, 0.3) is 5.91 Å². The van der Waals surface area contributed by atoms with Gasteiger partial charge in [-0.15, -0.1) is 11.3 Å². The fourth-order valence-electron chi connectivity index (χ4n) is 4.70. The van der Waals surface area contributed by atoms with Crippen LogP contribution in [0.15, 0.2) is 48.0 Å². The summed E-state index contributed by atoms with van der Waals surface area (Å²) in [6.07, 6.45) is 1.20. The van der Waals surface area contributed by atoms with E-state index in [-0.39, 0.29) is 17.4 Å². The number of aryl methyl sites for hydroxylation is 1. The summed E-state index contributed by atoms with van der Waals surface area (Å²) in [6, 6.07) is 10.4. The second-order valence-corrected chi connectivity index (χ2v) is 11.7. The van der Waals surface area contributed by atoms with E-state index >= 15 is 0 Å². The number of hydrogen-bond acceptors (Lipinski definition) is 7. The van der Waals surface area contributed by atoms with Gasteiger partial charge in [0.05, 0.1) is 21.6 Å². The fourth-order valence-corrected chi connectivity index (χ4v) is 5.51. The fraction of sp³-hybridized carbons (Fsp3) is 0.379. The molecule has 3 aromatic rings. The molecule has 39 heavy (non-hydrogen) atoms. The number of carbonyl (C=O) groups excluding carboxylic acids is 3. The Morgan fingerprint density at radius 1 is 1.13 bits per heavy atom. The average Bonchev–Trinajstić information content (AvgIpc) is 3.56. The summed E-state index contributed by atoms with van der Waals surface area (Å²) in [4.78, 5) is 46.8. The SMILES string of the molecule is Cc1ncsc1-c1ccc(CNC(=O)[C@@H]2CCCN2C(=O)[C@@H](NC(=O)c2cccc(O)c2O)C(C)(C)C)cc1. The summed E-state index contributed by atoms with van der Waals surface area (Å²) in [5.41, 5.74) is 4.00. The molecule has 0 unspecified atom stereocenters. The minimum Gasteiger partial charge on any atom is -0.504 e. The van der Waals surface area contributed by atoms with Gasteiger partial charge >= 0.3 is 0 Å². The van der Waals surface area contributed by atoms with Crippen LogP contribution in [0.2, 0.25) is 0 Å². The van der Waals surface area contributed by atoms with E-state index in [2.05, 4.69) is 15.6 Å². The smallest absolute Gasteiger partial charge is 0.255 e. The highest BCUT2D eigenvalue weighted by Gasteiger charge is 2.42. The Morgan fingerprint density at radius 3 is 2.49 bits per heavy atom. The standard InChI is InChI=1S/C29H34N4O5S/c1-17-24(39-16-31-17)19-12-10-18(11-13-19)15-30-27(37)21-8-6-14-33(21)28(38)25(29(2,3)4)32-26(36)20-7-5-9-22(34)23(20)35/h5,7,9-13,16,21,25,34-35H,6,8,14-15H2,1-4H3,(H,30,37)(H,32,36)/t21-,25+/m0/s1. The predicted octanol–water partition coefficient (Wildman–Crippen LogP) is 3.98. The van der Waals surface area contributed by atoms with Crippen LogP contribution in [0.3, 0.4) is 0 Å². The number of benzene rings is 2. The van der Waals surface area contributed by atoms with Gasteiger partial charge in [0.15, 0.2) is 11.5 Å². The molecule has 2 heterocycles. The average molecular weight is 551 g/mol. The van der Waals surface area contributed by atoms with Crippen LogP contribution < -0.4 is 10.6 Å². The summed E-state index contributed by atoms with van der Waals surface area (Å²) in [6.45, 7) is 8.16. The van der Waals surface area contributed by atoms with Gasteiger partial charge in [0, 0.05) is 13.1 Å². The monoisotopic (exact) mass is 550 g/mol. The number of carbonyl (C=O) groups is 3. The largest absolute Gasteiger partial charge is 0.504 e. The molecule has 0 spiro atoms. The van der Waals surface area contributed by atoms with Crippen LogP contribution in [0, 0.1) is 12.3 Å². The van der Waals surface area contributed by atoms with Gasteiger partial charge in [-0.05, 0) is 48.4 Å². The molecule has 1 aliphatic heterocycles. The molecule has 206 valence electrons. The summed E-state index contributed by atoms with van der Waals surface area (Å²) in [7, 11) is 0. The van der Waals surface area contributed by atoms with Crippen molar-refractivity contribution in [1.29, 1.82) is 0 Å². The second kappa shape index (κ2) is 11.4. The van der Waals surface area contributed by atoms with E-state index in [1.54, 1.807) is 11.3 Å². The van der Waals surface area contributed by atoms with Gasteiger partial charge in [0.1, 0.15) is 12.1 Å². The molecule has 10 heteroatoms. The number of phenolic OH excluding ortho intramolecular Hbond substituents is 2. The molecular weight excluding hydrogens is 516 g/mol. The first-order valence-electron chi connectivity index (χ1n) is 12.9. The Hall–Kier alpha value is -3.92. The third-order valence-electron chi connectivity index (χ3n) is 6.91. The minimum atomic E-state index is -0.956. The summed E-state index contributed by atoms with van der Waals surface area (Å²) in [5, 5.41) is 25.6. The van der Waals surface area contributed by atoms with Crippen molar-refractivity contribution in [2.24, 2.45) is 5.41 Å². The lowest BCUT2D eigenvalue weighted by atomic mass is 9.85. The van der Waals surface area contributed by atoms with Crippen LogP contribution in [0.5, 0.6) is 11.5 Å². The third-order valence-corrected chi connectivity index (χ3v) is 7.89. The zero-order valence-electron chi connectivity index (χ0n) is 22.5. The lowest BCUT2D eigenvalue weighted by Gasteiger charge is -2.35. The minimum absolute atomic E-state index is 0.135. The zero-order valence-corrected chi connectivity index (χ0v) is 23.3. The number of rotatable bonds is 7. The molecule has 0 aliphatic carbocycles. The molecule has 2 atom stereocenters. The van der Waals surface area contributed by atoms with Gasteiger partial charge in [-0.2, -0.15) is 0 Å².